The van der Waals surface area contributed by atoms with Gasteiger partial charge in [0.05, 0.1) is 0 Å². The van der Waals surface area contributed by atoms with Crippen LogP contribution < -0.4 is 0 Å². The molecule has 0 aromatic heterocycles. The van der Waals surface area contributed by atoms with Gasteiger partial charge in [-0.25, -0.2) is 0 Å². The molecule has 0 bridgehead atoms. The van der Waals surface area contributed by atoms with Crippen molar-refractivity contribution in [3.05, 3.63) is 35.9 Å². The standard InChI is InChI=1S/C10H12.C6H16O3Si/c1-2-5-9(6-3-1)10-7-4-8-10;1-4-7-10(8-5-2)9-6-3/h1-3,5-6,10H,4,7-8H2;10H,4-6H2,1-3H3. The van der Waals surface area contributed by atoms with Crippen LogP contribution in [-0.2, 0) is 13.3 Å². The van der Waals surface area contributed by atoms with E-state index in [-0.39, 0.29) is 0 Å². The zero-order valence-corrected chi connectivity index (χ0v) is 14.2. The molecule has 3 nitrogen and oxygen atoms in total. The third-order valence-electron chi connectivity index (χ3n) is 3.28. The van der Waals surface area contributed by atoms with Crippen LogP contribution in [0.3, 0.4) is 0 Å². The van der Waals surface area contributed by atoms with Gasteiger partial charge in [0.2, 0.25) is 0 Å². The lowest BCUT2D eigenvalue weighted by atomic mass is 9.80. The number of benzene rings is 1. The van der Waals surface area contributed by atoms with Crippen molar-refractivity contribution >= 4 is 9.53 Å². The molecule has 0 unspecified atom stereocenters. The average Bonchev–Trinajstić information content (AvgIpc) is 2.40. The molecule has 0 amide bonds. The van der Waals surface area contributed by atoms with Gasteiger partial charge < -0.3 is 13.3 Å². The quantitative estimate of drug-likeness (QED) is 0.717. The van der Waals surface area contributed by atoms with Crippen LogP contribution in [0.4, 0.5) is 0 Å². The molecule has 1 aromatic carbocycles. The third-order valence-corrected chi connectivity index (χ3v) is 5.10. The van der Waals surface area contributed by atoms with Crippen molar-refractivity contribution in [2.24, 2.45) is 0 Å². The first-order valence-corrected chi connectivity index (χ1v) is 9.12. The van der Waals surface area contributed by atoms with Crippen molar-refractivity contribution in [2.45, 2.75) is 46.0 Å². The van der Waals surface area contributed by atoms with E-state index in [2.05, 4.69) is 30.3 Å². The molecule has 0 heterocycles. The molecule has 1 aromatic rings. The maximum Gasteiger partial charge on any atom is 0.484 e. The summed E-state index contributed by atoms with van der Waals surface area (Å²) in [6.07, 6.45) is 4.24. The molecule has 0 radical (unpaired) electrons. The smallest absolute Gasteiger partial charge is 0.376 e. The van der Waals surface area contributed by atoms with E-state index >= 15 is 0 Å². The predicted molar refractivity (Wildman–Crippen MR) is 85.1 cm³/mol. The molecular formula is C16H28O3Si. The Bertz CT molecular complexity index is 313. The molecule has 1 aliphatic carbocycles. The van der Waals surface area contributed by atoms with E-state index < -0.39 is 9.53 Å². The molecule has 1 fully saturated rings. The Morgan fingerprint density at radius 1 is 0.900 bits per heavy atom. The highest BCUT2D eigenvalue weighted by Crippen LogP contribution is 2.35. The minimum Gasteiger partial charge on any atom is -0.376 e. The zero-order valence-electron chi connectivity index (χ0n) is 13.0. The van der Waals surface area contributed by atoms with Crippen molar-refractivity contribution in [2.75, 3.05) is 19.8 Å². The summed E-state index contributed by atoms with van der Waals surface area (Å²) in [6.45, 7) is 7.86. The molecule has 20 heavy (non-hydrogen) atoms. The van der Waals surface area contributed by atoms with Crippen molar-refractivity contribution in [1.29, 1.82) is 0 Å². The molecule has 2 rings (SSSR count). The van der Waals surface area contributed by atoms with Crippen LogP contribution in [0.5, 0.6) is 0 Å². The first-order valence-electron chi connectivity index (χ1n) is 7.71. The Labute approximate surface area is 125 Å². The molecule has 0 atom stereocenters. The number of hydrogen-bond donors (Lipinski definition) is 0. The molecule has 0 saturated heterocycles. The second-order valence-corrected chi connectivity index (χ2v) is 6.27. The molecule has 0 spiro atoms. The average molecular weight is 296 g/mol. The lowest BCUT2D eigenvalue weighted by Gasteiger charge is -2.25. The summed E-state index contributed by atoms with van der Waals surface area (Å²) < 4.78 is 15.7. The third kappa shape index (κ3) is 6.66. The Balaban J connectivity index is 0.000000200. The Kier molecular flexibility index (Phi) is 9.58. The van der Waals surface area contributed by atoms with Gasteiger partial charge in [-0.1, -0.05) is 36.8 Å². The summed E-state index contributed by atoms with van der Waals surface area (Å²) in [6, 6.07) is 10.8. The largest absolute Gasteiger partial charge is 0.484 e. The lowest BCUT2D eigenvalue weighted by Crippen LogP contribution is -2.27. The maximum atomic E-state index is 5.22. The predicted octanol–water partition coefficient (Wildman–Crippen LogP) is 3.77. The maximum absolute atomic E-state index is 5.22. The highest BCUT2D eigenvalue weighted by Gasteiger charge is 2.18. The number of rotatable bonds is 7. The van der Waals surface area contributed by atoms with Crippen molar-refractivity contribution in [3.63, 3.8) is 0 Å². The van der Waals surface area contributed by atoms with E-state index in [1.165, 1.54) is 24.8 Å². The van der Waals surface area contributed by atoms with Gasteiger partial charge in [0.1, 0.15) is 0 Å². The summed E-state index contributed by atoms with van der Waals surface area (Å²) in [4.78, 5) is 0. The summed E-state index contributed by atoms with van der Waals surface area (Å²) >= 11 is 0. The highest BCUT2D eigenvalue weighted by atomic mass is 28.3. The van der Waals surface area contributed by atoms with Crippen LogP contribution in [0, 0.1) is 0 Å². The van der Waals surface area contributed by atoms with E-state index in [0.29, 0.717) is 19.8 Å². The van der Waals surface area contributed by atoms with Gasteiger partial charge in [-0.2, -0.15) is 0 Å². The fraction of sp³-hybridized carbons (Fsp3) is 0.625. The minimum absolute atomic E-state index is 0.677. The monoisotopic (exact) mass is 296 g/mol. The van der Waals surface area contributed by atoms with E-state index in [4.69, 9.17) is 13.3 Å². The fourth-order valence-electron chi connectivity index (χ4n) is 2.02. The van der Waals surface area contributed by atoms with Gasteiger partial charge in [0.25, 0.3) is 0 Å². The topological polar surface area (TPSA) is 27.7 Å². The Hall–Kier alpha value is -0.683. The molecule has 0 aliphatic heterocycles. The van der Waals surface area contributed by atoms with Crippen LogP contribution in [0.1, 0.15) is 51.5 Å². The molecule has 1 saturated carbocycles. The summed E-state index contributed by atoms with van der Waals surface area (Å²) in [5, 5.41) is 0. The van der Waals surface area contributed by atoms with Gasteiger partial charge in [-0.3, -0.25) is 0 Å². The number of hydrogen-bond acceptors (Lipinski definition) is 3. The Morgan fingerprint density at radius 2 is 1.40 bits per heavy atom. The van der Waals surface area contributed by atoms with Gasteiger partial charge in [0, 0.05) is 19.8 Å². The first-order chi connectivity index (χ1) is 9.81. The fourth-order valence-corrected chi connectivity index (χ4v) is 3.12. The second kappa shape index (κ2) is 11.0. The molecule has 1 aliphatic rings. The zero-order chi connectivity index (χ0) is 14.6. The van der Waals surface area contributed by atoms with Gasteiger partial charge in [-0.15, -0.1) is 0 Å². The molecule has 114 valence electrons. The minimum atomic E-state index is -1.73. The van der Waals surface area contributed by atoms with E-state index in [0.717, 1.165) is 5.92 Å². The van der Waals surface area contributed by atoms with Gasteiger partial charge in [-0.05, 0) is 45.1 Å². The van der Waals surface area contributed by atoms with Crippen molar-refractivity contribution < 1.29 is 13.3 Å². The van der Waals surface area contributed by atoms with Crippen LogP contribution in [0.25, 0.3) is 0 Å². The van der Waals surface area contributed by atoms with Crippen LogP contribution >= 0.6 is 0 Å². The van der Waals surface area contributed by atoms with Crippen LogP contribution in [0.15, 0.2) is 30.3 Å². The van der Waals surface area contributed by atoms with Crippen LogP contribution in [-0.4, -0.2) is 29.3 Å². The molecule has 4 heteroatoms. The second-order valence-electron chi connectivity index (χ2n) is 4.69. The van der Waals surface area contributed by atoms with E-state index in [1.54, 1.807) is 0 Å². The first kappa shape index (κ1) is 17.4. The summed E-state index contributed by atoms with van der Waals surface area (Å²) in [7, 11) is -1.73. The normalized spacial score (nSPS) is 14.6. The summed E-state index contributed by atoms with van der Waals surface area (Å²) in [5.41, 5.74) is 1.54. The molecule has 0 N–H and O–H groups in total. The Morgan fingerprint density at radius 3 is 1.75 bits per heavy atom. The van der Waals surface area contributed by atoms with Gasteiger partial charge >= 0.3 is 9.53 Å². The molecular weight excluding hydrogens is 268 g/mol. The highest BCUT2D eigenvalue weighted by molar-refractivity contribution is 6.36. The van der Waals surface area contributed by atoms with Gasteiger partial charge in [0.15, 0.2) is 0 Å². The van der Waals surface area contributed by atoms with E-state index in [9.17, 15) is 0 Å². The lowest BCUT2D eigenvalue weighted by molar-refractivity contribution is 0.107. The van der Waals surface area contributed by atoms with E-state index in [1.807, 2.05) is 20.8 Å². The van der Waals surface area contributed by atoms with Crippen molar-refractivity contribution in [1.82, 2.24) is 0 Å². The van der Waals surface area contributed by atoms with Crippen LogP contribution in [0.2, 0.25) is 0 Å². The summed E-state index contributed by atoms with van der Waals surface area (Å²) in [5.74, 6) is 0.890. The SMILES string of the molecule is CCO[SiH](OCC)OCC.c1ccc(C2CCC2)cc1. The van der Waals surface area contributed by atoms with Crippen molar-refractivity contribution in [3.8, 4) is 0 Å².